The summed E-state index contributed by atoms with van der Waals surface area (Å²) in [5, 5.41) is 2.95. The van der Waals surface area contributed by atoms with E-state index in [9.17, 15) is 0 Å². The quantitative estimate of drug-likeness (QED) is 0.924. The van der Waals surface area contributed by atoms with Gasteiger partial charge in [0.05, 0.1) is 5.39 Å². The molecule has 0 atom stereocenters. The lowest BCUT2D eigenvalue weighted by Gasteiger charge is -2.27. The molecule has 0 saturated heterocycles. The summed E-state index contributed by atoms with van der Waals surface area (Å²) in [5.74, 6) is 1.34. The minimum absolute atomic E-state index is 0.305. The highest BCUT2D eigenvalue weighted by molar-refractivity contribution is 7.16. The molecule has 1 aliphatic carbocycles. The summed E-state index contributed by atoms with van der Waals surface area (Å²) < 4.78 is 5.98. The highest BCUT2D eigenvalue weighted by Gasteiger charge is 2.39. The molecule has 96 valence electrons. The van der Waals surface area contributed by atoms with E-state index >= 15 is 0 Å². The maximum absolute atomic E-state index is 6.02. The first-order chi connectivity index (χ1) is 8.75. The molecule has 1 saturated carbocycles. The molecule has 0 amide bonds. The Morgan fingerprint density at radius 1 is 1.39 bits per heavy atom. The number of rotatable bonds is 3. The number of fused-ring (bicyclic) bond motifs is 1. The molecule has 3 rings (SSSR count). The van der Waals surface area contributed by atoms with Gasteiger partial charge in [-0.25, -0.2) is 9.97 Å². The van der Waals surface area contributed by atoms with Gasteiger partial charge in [-0.3, -0.25) is 0 Å². The van der Waals surface area contributed by atoms with Crippen LogP contribution in [0.5, 0.6) is 0 Å². The van der Waals surface area contributed by atoms with E-state index in [1.807, 2.05) is 18.4 Å². The smallest absolute Gasteiger partial charge is 0.164 e. The number of thiophene rings is 1. The molecule has 0 bridgehead atoms. The zero-order valence-electron chi connectivity index (χ0n) is 10.5. The van der Waals surface area contributed by atoms with Crippen LogP contribution in [0.15, 0.2) is 11.4 Å². The molecule has 2 heterocycles. The second-order valence-electron chi connectivity index (χ2n) is 4.71. The van der Waals surface area contributed by atoms with Crippen LogP contribution in [0.3, 0.4) is 0 Å². The lowest BCUT2D eigenvalue weighted by molar-refractivity contribution is -0.0453. The summed E-state index contributed by atoms with van der Waals surface area (Å²) in [4.78, 5) is 10.1. The van der Waals surface area contributed by atoms with Crippen LogP contribution in [-0.2, 0) is 10.3 Å². The molecule has 2 N–H and O–H groups in total. The maximum Gasteiger partial charge on any atom is 0.164 e. The number of nitrogen functional groups attached to an aromatic ring is 1. The van der Waals surface area contributed by atoms with Crippen LogP contribution < -0.4 is 5.73 Å². The molecule has 0 radical (unpaired) electrons. The molecule has 2 aromatic heterocycles. The van der Waals surface area contributed by atoms with Crippen LogP contribution in [0.25, 0.3) is 10.2 Å². The summed E-state index contributed by atoms with van der Waals surface area (Å²) >= 11 is 1.60. The van der Waals surface area contributed by atoms with Gasteiger partial charge in [0.2, 0.25) is 0 Å². The zero-order valence-corrected chi connectivity index (χ0v) is 11.3. The number of hydrogen-bond donors (Lipinski definition) is 1. The Hall–Kier alpha value is -1.20. The molecule has 0 spiro atoms. The van der Waals surface area contributed by atoms with Gasteiger partial charge in [-0.2, -0.15) is 0 Å². The van der Waals surface area contributed by atoms with Crippen molar-refractivity contribution < 1.29 is 4.74 Å². The van der Waals surface area contributed by atoms with Crippen LogP contribution in [0, 0.1) is 0 Å². The third kappa shape index (κ3) is 1.78. The van der Waals surface area contributed by atoms with Crippen LogP contribution in [0.2, 0.25) is 0 Å². The third-order valence-corrected chi connectivity index (χ3v) is 4.40. The van der Waals surface area contributed by atoms with Crippen LogP contribution in [-0.4, -0.2) is 16.6 Å². The van der Waals surface area contributed by atoms with Crippen molar-refractivity contribution in [2.24, 2.45) is 0 Å². The number of aromatic nitrogens is 2. The van der Waals surface area contributed by atoms with Gasteiger partial charge in [0.15, 0.2) is 5.82 Å². The molecule has 0 unspecified atom stereocenters. The summed E-state index contributed by atoms with van der Waals surface area (Å²) in [6, 6.07) is 1.97. The standard InChI is InChI=1S/C13H17N3OS/c1-2-17-13(6-3-4-7-13)12-15-10(14)9-5-8-18-11(9)16-12/h5,8H,2-4,6-7H2,1H3,(H2,14,15,16). The lowest BCUT2D eigenvalue weighted by atomic mass is 10.0. The number of ether oxygens (including phenoxy) is 1. The van der Waals surface area contributed by atoms with E-state index in [-0.39, 0.29) is 5.60 Å². The van der Waals surface area contributed by atoms with Crippen molar-refractivity contribution in [3.8, 4) is 0 Å². The summed E-state index contributed by atoms with van der Waals surface area (Å²) in [6.07, 6.45) is 4.34. The van der Waals surface area contributed by atoms with Gasteiger partial charge in [-0.1, -0.05) is 0 Å². The van der Waals surface area contributed by atoms with E-state index < -0.39 is 0 Å². The first-order valence-electron chi connectivity index (χ1n) is 6.40. The monoisotopic (exact) mass is 263 g/mol. The molecule has 4 nitrogen and oxygen atoms in total. The van der Waals surface area contributed by atoms with Crippen molar-refractivity contribution in [1.29, 1.82) is 0 Å². The van der Waals surface area contributed by atoms with Crippen molar-refractivity contribution in [1.82, 2.24) is 9.97 Å². The van der Waals surface area contributed by atoms with E-state index in [1.165, 1.54) is 12.8 Å². The topological polar surface area (TPSA) is 61.0 Å². The molecule has 0 aliphatic heterocycles. The molecule has 5 heteroatoms. The van der Waals surface area contributed by atoms with E-state index in [1.54, 1.807) is 11.3 Å². The SMILES string of the molecule is CCOC1(c2nc(N)c3ccsc3n2)CCCC1. The minimum atomic E-state index is -0.305. The van der Waals surface area contributed by atoms with Crippen molar-refractivity contribution in [3.05, 3.63) is 17.3 Å². The normalized spacial score (nSPS) is 18.5. The second kappa shape index (κ2) is 4.48. The molecular formula is C13H17N3OS. The van der Waals surface area contributed by atoms with Gasteiger partial charge >= 0.3 is 0 Å². The Kier molecular flexibility index (Phi) is 2.95. The van der Waals surface area contributed by atoms with Gasteiger partial charge in [0, 0.05) is 6.61 Å². The predicted octanol–water partition coefficient (Wildman–Crippen LogP) is 3.08. The van der Waals surface area contributed by atoms with Crippen LogP contribution >= 0.6 is 11.3 Å². The van der Waals surface area contributed by atoms with Crippen molar-refractivity contribution >= 4 is 27.4 Å². The average molecular weight is 263 g/mol. The fourth-order valence-electron chi connectivity index (χ4n) is 2.74. The molecule has 0 aromatic carbocycles. The first-order valence-corrected chi connectivity index (χ1v) is 7.28. The van der Waals surface area contributed by atoms with Gasteiger partial charge in [0.1, 0.15) is 16.2 Å². The van der Waals surface area contributed by atoms with E-state index in [0.717, 1.165) is 28.9 Å². The minimum Gasteiger partial charge on any atom is -0.383 e. The Balaban J connectivity index is 2.11. The van der Waals surface area contributed by atoms with E-state index in [4.69, 9.17) is 10.5 Å². The average Bonchev–Trinajstić information content (AvgIpc) is 2.98. The Bertz CT molecular complexity index is 560. The Labute approximate surface area is 110 Å². The summed E-state index contributed by atoms with van der Waals surface area (Å²) in [6.45, 7) is 2.71. The van der Waals surface area contributed by atoms with Gasteiger partial charge in [-0.05, 0) is 44.1 Å². The molecular weight excluding hydrogens is 246 g/mol. The molecule has 18 heavy (non-hydrogen) atoms. The maximum atomic E-state index is 6.02. The lowest BCUT2D eigenvalue weighted by Crippen LogP contribution is -2.29. The van der Waals surface area contributed by atoms with Crippen molar-refractivity contribution in [2.45, 2.75) is 38.2 Å². The van der Waals surface area contributed by atoms with Gasteiger partial charge < -0.3 is 10.5 Å². The van der Waals surface area contributed by atoms with Crippen LogP contribution in [0.4, 0.5) is 5.82 Å². The summed E-state index contributed by atoms with van der Waals surface area (Å²) in [5.41, 5.74) is 5.72. The van der Waals surface area contributed by atoms with Crippen LogP contribution in [0.1, 0.15) is 38.4 Å². The number of nitrogens with two attached hydrogens (primary N) is 1. The highest BCUT2D eigenvalue weighted by atomic mass is 32.1. The molecule has 1 aliphatic rings. The third-order valence-electron chi connectivity index (χ3n) is 3.59. The summed E-state index contributed by atoms with van der Waals surface area (Å²) in [7, 11) is 0. The number of anilines is 1. The highest BCUT2D eigenvalue weighted by Crippen LogP contribution is 2.41. The van der Waals surface area contributed by atoms with Gasteiger partial charge in [-0.15, -0.1) is 11.3 Å². The fourth-order valence-corrected chi connectivity index (χ4v) is 3.51. The molecule has 1 fully saturated rings. The number of nitrogens with zero attached hydrogens (tertiary/aromatic N) is 2. The molecule has 2 aromatic rings. The van der Waals surface area contributed by atoms with Crippen molar-refractivity contribution in [2.75, 3.05) is 12.3 Å². The largest absolute Gasteiger partial charge is 0.383 e. The van der Waals surface area contributed by atoms with E-state index in [2.05, 4.69) is 9.97 Å². The van der Waals surface area contributed by atoms with Crippen molar-refractivity contribution in [3.63, 3.8) is 0 Å². The Morgan fingerprint density at radius 2 is 2.17 bits per heavy atom. The predicted molar refractivity (Wildman–Crippen MR) is 73.6 cm³/mol. The van der Waals surface area contributed by atoms with Gasteiger partial charge in [0.25, 0.3) is 0 Å². The number of hydrogen-bond acceptors (Lipinski definition) is 5. The Morgan fingerprint density at radius 3 is 2.89 bits per heavy atom. The second-order valence-corrected chi connectivity index (χ2v) is 5.60. The fraction of sp³-hybridized carbons (Fsp3) is 0.538. The zero-order chi connectivity index (χ0) is 12.6. The first kappa shape index (κ1) is 11.9. The van der Waals surface area contributed by atoms with E-state index in [0.29, 0.717) is 12.4 Å².